The van der Waals surface area contributed by atoms with Gasteiger partial charge >= 0.3 is 0 Å². The highest BCUT2D eigenvalue weighted by Gasteiger charge is 2.41. The number of fused-ring (bicyclic) bond motifs is 2. The van der Waals surface area contributed by atoms with Gasteiger partial charge in [-0.05, 0) is 72.9 Å². The molecule has 2 saturated heterocycles. The van der Waals surface area contributed by atoms with Gasteiger partial charge in [0.05, 0.1) is 7.11 Å². The minimum absolute atomic E-state index is 0.104. The number of methoxy groups -OCH3 is 1. The summed E-state index contributed by atoms with van der Waals surface area (Å²) >= 11 is 0. The molecule has 8 heteroatoms. The van der Waals surface area contributed by atoms with Crippen LogP contribution in [0.4, 0.5) is 0 Å². The van der Waals surface area contributed by atoms with Gasteiger partial charge in [0.25, 0.3) is 5.91 Å². The zero-order valence-electron chi connectivity index (χ0n) is 20.1. The van der Waals surface area contributed by atoms with Gasteiger partial charge in [0, 0.05) is 37.7 Å². The summed E-state index contributed by atoms with van der Waals surface area (Å²) in [6, 6.07) is 17.1. The molecule has 0 aliphatic carbocycles. The predicted octanol–water partition coefficient (Wildman–Crippen LogP) is 4.34. The monoisotopic (exact) mass is 488 g/mol. The molecule has 3 aliphatic rings. The minimum atomic E-state index is -0.104. The average Bonchev–Trinajstić information content (AvgIpc) is 3.59. The lowest BCUT2D eigenvalue weighted by atomic mass is 9.83. The molecule has 1 aromatic heterocycles. The van der Waals surface area contributed by atoms with Gasteiger partial charge in [-0.2, -0.15) is 0 Å². The maximum atomic E-state index is 13.3. The van der Waals surface area contributed by atoms with Crippen molar-refractivity contribution in [1.82, 2.24) is 9.80 Å². The van der Waals surface area contributed by atoms with E-state index in [1.165, 1.54) is 0 Å². The molecule has 0 N–H and O–H groups in total. The van der Waals surface area contributed by atoms with Gasteiger partial charge in [-0.25, -0.2) is 0 Å². The van der Waals surface area contributed by atoms with E-state index in [2.05, 4.69) is 0 Å². The van der Waals surface area contributed by atoms with Crippen molar-refractivity contribution in [3.63, 3.8) is 0 Å². The number of carbonyl (C=O) groups is 2. The Morgan fingerprint density at radius 1 is 1.03 bits per heavy atom. The van der Waals surface area contributed by atoms with Gasteiger partial charge in [0.1, 0.15) is 11.5 Å². The molecule has 2 fully saturated rings. The number of amides is 2. The Hall–Kier alpha value is -3.94. The standard InChI is InChI=1S/C28H28N2O6/c1-33-21-6-3-19(4-7-21)23-9-10-25(36-23)28(32)29-13-12-22-20(16-29)5-11-27(31)30(22)15-18-2-8-24-26(14-18)35-17-34-24/h2-4,6-10,14,20,22H,5,11-13,15-17H2,1H3/t20-,22+/m1/s1. The lowest BCUT2D eigenvalue weighted by Crippen LogP contribution is -2.56. The summed E-state index contributed by atoms with van der Waals surface area (Å²) in [7, 11) is 1.63. The van der Waals surface area contributed by atoms with Gasteiger partial charge in [-0.3, -0.25) is 9.59 Å². The van der Waals surface area contributed by atoms with Crippen molar-refractivity contribution in [2.75, 3.05) is 27.0 Å². The number of carbonyl (C=O) groups excluding carboxylic acids is 2. The summed E-state index contributed by atoms with van der Waals surface area (Å²) < 4.78 is 22.0. The van der Waals surface area contributed by atoms with Crippen molar-refractivity contribution >= 4 is 11.8 Å². The largest absolute Gasteiger partial charge is 0.497 e. The highest BCUT2D eigenvalue weighted by molar-refractivity contribution is 5.92. The van der Waals surface area contributed by atoms with E-state index < -0.39 is 0 Å². The van der Waals surface area contributed by atoms with E-state index in [0.29, 0.717) is 37.6 Å². The summed E-state index contributed by atoms with van der Waals surface area (Å²) in [4.78, 5) is 30.0. The molecule has 8 nitrogen and oxygen atoms in total. The molecule has 2 aromatic carbocycles. The van der Waals surface area contributed by atoms with Crippen LogP contribution < -0.4 is 14.2 Å². The minimum Gasteiger partial charge on any atom is -0.497 e. The van der Waals surface area contributed by atoms with Crippen LogP contribution in [0.1, 0.15) is 35.4 Å². The number of ether oxygens (including phenoxy) is 3. The van der Waals surface area contributed by atoms with E-state index in [1.807, 2.05) is 58.3 Å². The quantitative estimate of drug-likeness (QED) is 0.532. The molecule has 0 unspecified atom stereocenters. The van der Waals surface area contributed by atoms with Gasteiger partial charge in [-0.1, -0.05) is 6.07 Å². The zero-order valence-corrected chi connectivity index (χ0v) is 20.1. The number of furan rings is 1. The fourth-order valence-corrected chi connectivity index (χ4v) is 5.50. The first-order valence-electron chi connectivity index (χ1n) is 12.3. The third kappa shape index (κ3) is 4.17. The Labute approximate surface area is 209 Å². The van der Waals surface area contributed by atoms with Crippen LogP contribution >= 0.6 is 0 Å². The lowest BCUT2D eigenvalue weighted by Gasteiger charge is -2.47. The van der Waals surface area contributed by atoms with E-state index in [1.54, 1.807) is 13.2 Å². The number of likely N-dealkylation sites (tertiary alicyclic amines) is 2. The third-order valence-corrected chi connectivity index (χ3v) is 7.41. The highest BCUT2D eigenvalue weighted by Crippen LogP contribution is 2.36. The first-order valence-corrected chi connectivity index (χ1v) is 12.3. The number of hydrogen-bond acceptors (Lipinski definition) is 6. The van der Waals surface area contributed by atoms with Crippen LogP contribution in [0.5, 0.6) is 17.2 Å². The molecule has 0 bridgehead atoms. The Balaban J connectivity index is 1.13. The van der Waals surface area contributed by atoms with E-state index in [-0.39, 0.29) is 30.6 Å². The molecule has 0 spiro atoms. The van der Waals surface area contributed by atoms with Crippen LogP contribution in [0.2, 0.25) is 0 Å². The van der Waals surface area contributed by atoms with Crippen molar-refractivity contribution in [2.45, 2.75) is 31.8 Å². The summed E-state index contributed by atoms with van der Waals surface area (Å²) in [6.07, 6.45) is 2.04. The topological polar surface area (TPSA) is 81.5 Å². The van der Waals surface area contributed by atoms with E-state index in [4.69, 9.17) is 18.6 Å². The summed E-state index contributed by atoms with van der Waals surface area (Å²) in [5.41, 5.74) is 1.91. The molecular formula is C28H28N2O6. The smallest absolute Gasteiger partial charge is 0.289 e. The molecule has 2 atom stereocenters. The normalized spacial score (nSPS) is 20.9. The summed E-state index contributed by atoms with van der Waals surface area (Å²) in [6.45, 7) is 1.97. The van der Waals surface area contributed by atoms with Crippen LogP contribution in [0.25, 0.3) is 11.3 Å². The van der Waals surface area contributed by atoms with E-state index in [9.17, 15) is 9.59 Å². The second-order valence-corrected chi connectivity index (χ2v) is 9.51. The van der Waals surface area contributed by atoms with Crippen molar-refractivity contribution in [3.05, 3.63) is 65.9 Å². The van der Waals surface area contributed by atoms with Gasteiger partial charge in [0.15, 0.2) is 17.3 Å². The molecule has 186 valence electrons. The molecule has 2 amide bonds. The first-order chi connectivity index (χ1) is 17.6. The third-order valence-electron chi connectivity index (χ3n) is 7.41. The van der Waals surface area contributed by atoms with Crippen molar-refractivity contribution in [2.24, 2.45) is 5.92 Å². The number of rotatable bonds is 5. The summed E-state index contributed by atoms with van der Waals surface area (Å²) in [5.74, 6) is 3.52. The number of benzene rings is 2. The maximum absolute atomic E-state index is 13.3. The molecule has 3 aliphatic heterocycles. The summed E-state index contributed by atoms with van der Waals surface area (Å²) in [5, 5.41) is 0. The molecule has 0 radical (unpaired) electrons. The Morgan fingerprint density at radius 2 is 1.86 bits per heavy atom. The molecule has 36 heavy (non-hydrogen) atoms. The molecule has 6 rings (SSSR count). The molecule has 4 heterocycles. The highest BCUT2D eigenvalue weighted by atomic mass is 16.7. The Morgan fingerprint density at radius 3 is 2.69 bits per heavy atom. The molecule has 0 saturated carbocycles. The van der Waals surface area contributed by atoms with E-state index >= 15 is 0 Å². The first kappa shape index (κ1) is 22.5. The number of hydrogen-bond donors (Lipinski definition) is 0. The van der Waals surface area contributed by atoms with Gasteiger partial charge in [-0.15, -0.1) is 0 Å². The maximum Gasteiger partial charge on any atom is 0.289 e. The molecule has 3 aromatic rings. The van der Waals surface area contributed by atoms with Crippen LogP contribution in [0, 0.1) is 5.92 Å². The lowest BCUT2D eigenvalue weighted by molar-refractivity contribution is -0.141. The number of nitrogens with zero attached hydrogens (tertiary/aromatic N) is 2. The van der Waals surface area contributed by atoms with Crippen molar-refractivity contribution in [1.29, 1.82) is 0 Å². The molecular weight excluding hydrogens is 460 g/mol. The average molecular weight is 489 g/mol. The number of piperidine rings is 2. The fraction of sp³-hybridized carbons (Fsp3) is 0.357. The Bertz CT molecular complexity index is 1280. The Kier molecular flexibility index (Phi) is 5.79. The van der Waals surface area contributed by atoms with Crippen LogP contribution in [-0.2, 0) is 11.3 Å². The SMILES string of the molecule is COc1ccc(-c2ccc(C(=O)N3CC[C@H]4[C@H](CCC(=O)N4Cc4ccc5c(c4)OCO5)C3)o2)cc1. The van der Waals surface area contributed by atoms with Gasteiger partial charge in [0.2, 0.25) is 12.7 Å². The second-order valence-electron chi connectivity index (χ2n) is 9.51. The van der Waals surface area contributed by atoms with Crippen molar-refractivity contribution in [3.8, 4) is 28.6 Å². The van der Waals surface area contributed by atoms with Crippen LogP contribution in [0.3, 0.4) is 0 Å². The van der Waals surface area contributed by atoms with Crippen molar-refractivity contribution < 1.29 is 28.2 Å². The van der Waals surface area contributed by atoms with E-state index in [0.717, 1.165) is 41.2 Å². The zero-order chi connectivity index (χ0) is 24.6. The fourth-order valence-electron chi connectivity index (χ4n) is 5.50. The van der Waals surface area contributed by atoms with Crippen LogP contribution in [0.15, 0.2) is 59.0 Å². The predicted molar refractivity (Wildman–Crippen MR) is 131 cm³/mol. The van der Waals surface area contributed by atoms with Gasteiger partial charge < -0.3 is 28.4 Å². The van der Waals surface area contributed by atoms with Crippen LogP contribution in [-0.4, -0.2) is 54.6 Å². The second kappa shape index (κ2) is 9.26.